The Morgan fingerprint density at radius 1 is 1.37 bits per heavy atom. The molecule has 1 aliphatic heterocycles. The van der Waals surface area contributed by atoms with E-state index in [4.69, 9.17) is 14.6 Å². The molecule has 138 valence electrons. The van der Waals surface area contributed by atoms with Crippen LogP contribution in [0.3, 0.4) is 0 Å². The van der Waals surface area contributed by atoms with Crippen molar-refractivity contribution in [1.82, 2.24) is 9.58 Å². The van der Waals surface area contributed by atoms with Crippen molar-refractivity contribution in [2.75, 3.05) is 7.11 Å². The number of thiazole rings is 1. The predicted octanol–water partition coefficient (Wildman–Crippen LogP) is 3.01. The molecule has 1 amide bonds. The Labute approximate surface area is 159 Å². The molecule has 0 saturated heterocycles. The van der Waals surface area contributed by atoms with E-state index in [1.807, 2.05) is 30.3 Å². The number of methoxy groups -OCH3 is 1. The summed E-state index contributed by atoms with van der Waals surface area (Å²) in [5.41, 5.74) is 1.75. The van der Waals surface area contributed by atoms with Gasteiger partial charge in [0.1, 0.15) is 24.1 Å². The van der Waals surface area contributed by atoms with Gasteiger partial charge in [-0.25, -0.2) is 5.01 Å². The summed E-state index contributed by atoms with van der Waals surface area (Å²) in [5.74, 6) is 1.28. The number of nitrogens with zero attached hydrogens (tertiary/aromatic N) is 3. The first kappa shape index (κ1) is 17.3. The van der Waals surface area contributed by atoms with Crippen molar-refractivity contribution in [2.24, 2.45) is 5.10 Å². The molecule has 1 aromatic carbocycles. The minimum Gasteiger partial charge on any atom is -0.497 e. The summed E-state index contributed by atoms with van der Waals surface area (Å²) in [6.45, 7) is 0.0684. The fraction of sp³-hybridized carbons (Fsp3) is 0.211. The van der Waals surface area contributed by atoms with Crippen LogP contribution in [0.2, 0.25) is 0 Å². The van der Waals surface area contributed by atoms with Crippen LogP contribution in [0.5, 0.6) is 5.75 Å². The van der Waals surface area contributed by atoms with Crippen LogP contribution in [0.15, 0.2) is 63.8 Å². The summed E-state index contributed by atoms with van der Waals surface area (Å²) in [4.78, 5) is 13.2. The van der Waals surface area contributed by atoms with Crippen LogP contribution in [-0.2, 0) is 11.3 Å². The Balaban J connectivity index is 1.63. The highest BCUT2D eigenvalue weighted by atomic mass is 32.1. The van der Waals surface area contributed by atoms with Crippen molar-refractivity contribution in [1.29, 1.82) is 5.41 Å². The number of hydrogen-bond donors (Lipinski definition) is 1. The van der Waals surface area contributed by atoms with Gasteiger partial charge in [-0.3, -0.25) is 10.2 Å². The minimum absolute atomic E-state index is 0.0684. The van der Waals surface area contributed by atoms with E-state index in [0.29, 0.717) is 17.0 Å². The Bertz CT molecular complexity index is 1020. The zero-order valence-electron chi connectivity index (χ0n) is 14.7. The van der Waals surface area contributed by atoms with Crippen LogP contribution in [0, 0.1) is 5.41 Å². The molecule has 8 heteroatoms. The molecule has 0 bridgehead atoms. The molecule has 1 N–H and O–H groups in total. The number of hydrogen-bond acceptors (Lipinski definition) is 6. The zero-order valence-corrected chi connectivity index (χ0v) is 15.5. The molecule has 0 fully saturated rings. The Hall–Kier alpha value is -3.13. The zero-order chi connectivity index (χ0) is 18.8. The molecule has 3 heterocycles. The molecule has 2 aromatic heterocycles. The topological polar surface area (TPSA) is 83.8 Å². The highest BCUT2D eigenvalue weighted by Gasteiger charge is 2.34. The summed E-state index contributed by atoms with van der Waals surface area (Å²) in [6.07, 6.45) is 3.89. The second-order valence-corrected chi connectivity index (χ2v) is 6.98. The first-order chi connectivity index (χ1) is 13.2. The van der Waals surface area contributed by atoms with Gasteiger partial charge in [-0.2, -0.15) is 5.10 Å². The number of furan rings is 1. The lowest BCUT2D eigenvalue weighted by Crippen LogP contribution is -2.32. The number of hydrazone groups is 1. The fourth-order valence-electron chi connectivity index (χ4n) is 3.05. The molecule has 7 nitrogen and oxygen atoms in total. The number of nitrogens with one attached hydrogen (secondary N) is 1. The summed E-state index contributed by atoms with van der Waals surface area (Å²) < 4.78 is 12.4. The van der Waals surface area contributed by atoms with E-state index in [0.717, 1.165) is 17.0 Å². The second-order valence-electron chi connectivity index (χ2n) is 6.08. The first-order valence-corrected chi connectivity index (χ1v) is 9.29. The summed E-state index contributed by atoms with van der Waals surface area (Å²) in [5, 5.41) is 15.7. The molecule has 4 rings (SSSR count). The molecule has 0 radical (unpaired) electrons. The van der Waals surface area contributed by atoms with Gasteiger partial charge in [0, 0.05) is 18.0 Å². The number of aromatic nitrogens is 1. The molecule has 1 atom stereocenters. The maximum Gasteiger partial charge on any atom is 0.263 e. The maximum absolute atomic E-state index is 12.9. The number of carbonyl (C=O) groups is 1. The van der Waals surface area contributed by atoms with E-state index in [2.05, 4.69) is 5.10 Å². The monoisotopic (exact) mass is 382 g/mol. The van der Waals surface area contributed by atoms with E-state index in [-0.39, 0.29) is 18.5 Å². The average Bonchev–Trinajstić information content (AvgIpc) is 3.43. The molecular formula is C19H18N4O3S. The predicted molar refractivity (Wildman–Crippen MR) is 101 cm³/mol. The molecule has 0 aliphatic carbocycles. The van der Waals surface area contributed by atoms with Crippen LogP contribution in [0.25, 0.3) is 0 Å². The lowest BCUT2D eigenvalue weighted by Gasteiger charge is -2.20. The van der Waals surface area contributed by atoms with Gasteiger partial charge >= 0.3 is 0 Å². The van der Waals surface area contributed by atoms with Crippen LogP contribution >= 0.6 is 11.3 Å². The molecular weight excluding hydrogens is 364 g/mol. The third-order valence-electron chi connectivity index (χ3n) is 4.45. The number of amides is 1. The molecule has 0 spiro atoms. The fourth-order valence-corrected chi connectivity index (χ4v) is 3.64. The van der Waals surface area contributed by atoms with Gasteiger partial charge in [0.15, 0.2) is 4.80 Å². The van der Waals surface area contributed by atoms with Gasteiger partial charge in [0.2, 0.25) is 0 Å². The van der Waals surface area contributed by atoms with Crippen molar-refractivity contribution < 1.29 is 13.9 Å². The van der Waals surface area contributed by atoms with Crippen molar-refractivity contribution in [3.05, 3.63) is 70.4 Å². The van der Waals surface area contributed by atoms with Gasteiger partial charge < -0.3 is 13.7 Å². The first-order valence-electron chi connectivity index (χ1n) is 8.41. The second kappa shape index (κ2) is 7.24. The normalized spacial score (nSPS) is 16.4. The largest absolute Gasteiger partial charge is 0.497 e. The van der Waals surface area contributed by atoms with Crippen molar-refractivity contribution >= 4 is 23.0 Å². The van der Waals surface area contributed by atoms with Gasteiger partial charge in [-0.1, -0.05) is 0 Å². The van der Waals surface area contributed by atoms with Gasteiger partial charge in [-0.15, -0.1) is 11.3 Å². The third-order valence-corrected chi connectivity index (χ3v) is 5.16. The van der Waals surface area contributed by atoms with Crippen molar-refractivity contribution in [3.63, 3.8) is 0 Å². The minimum atomic E-state index is -0.293. The van der Waals surface area contributed by atoms with E-state index in [1.54, 1.807) is 35.6 Å². The number of ether oxygens (including phenoxy) is 1. The van der Waals surface area contributed by atoms with Crippen LogP contribution < -0.4 is 9.54 Å². The lowest BCUT2D eigenvalue weighted by molar-refractivity contribution is -0.134. The highest BCUT2D eigenvalue weighted by molar-refractivity contribution is 7.06. The quantitative estimate of drug-likeness (QED) is 0.736. The SMILES string of the molecule is COc1ccc(C2=NN(C(=O)Cn3ccsc3=N)[C@@H](c3ccco3)C2)cc1. The Morgan fingerprint density at radius 2 is 2.19 bits per heavy atom. The van der Waals surface area contributed by atoms with Gasteiger partial charge in [0.25, 0.3) is 5.91 Å². The lowest BCUT2D eigenvalue weighted by atomic mass is 10.0. The third kappa shape index (κ3) is 3.43. The summed E-state index contributed by atoms with van der Waals surface area (Å²) in [6, 6.07) is 11.0. The van der Waals surface area contributed by atoms with E-state index in [9.17, 15) is 4.79 Å². The molecule has 3 aromatic rings. The number of rotatable bonds is 5. The van der Waals surface area contributed by atoms with Crippen LogP contribution in [0.1, 0.15) is 23.8 Å². The smallest absolute Gasteiger partial charge is 0.263 e. The van der Waals surface area contributed by atoms with Crippen molar-refractivity contribution in [3.8, 4) is 5.75 Å². The standard InChI is InChI=1S/C19H18N4O3S/c1-25-14-6-4-13(5-7-14)15-11-16(17-3-2-9-26-17)23(21-15)18(24)12-22-8-10-27-19(22)20/h2-10,16,20H,11-12H2,1H3/t16-/m1/s1. The van der Waals surface area contributed by atoms with E-state index >= 15 is 0 Å². The summed E-state index contributed by atoms with van der Waals surface area (Å²) >= 11 is 1.28. The average molecular weight is 382 g/mol. The van der Waals surface area contributed by atoms with Crippen LogP contribution in [0.4, 0.5) is 0 Å². The van der Waals surface area contributed by atoms with Crippen LogP contribution in [-0.4, -0.2) is 28.3 Å². The van der Waals surface area contributed by atoms with E-state index in [1.165, 1.54) is 16.3 Å². The number of carbonyl (C=O) groups excluding carboxylic acids is 1. The van der Waals surface area contributed by atoms with E-state index < -0.39 is 0 Å². The molecule has 1 aliphatic rings. The highest BCUT2D eigenvalue weighted by Crippen LogP contribution is 2.33. The number of benzene rings is 1. The van der Waals surface area contributed by atoms with Crippen molar-refractivity contribution in [2.45, 2.75) is 19.0 Å². The summed E-state index contributed by atoms with van der Waals surface area (Å²) in [7, 11) is 1.62. The molecule has 0 unspecified atom stereocenters. The molecule has 27 heavy (non-hydrogen) atoms. The maximum atomic E-state index is 12.9. The molecule has 0 saturated carbocycles. The van der Waals surface area contributed by atoms with Gasteiger partial charge in [0.05, 0.1) is 19.1 Å². The van der Waals surface area contributed by atoms with Gasteiger partial charge in [-0.05, 0) is 42.0 Å². The Kier molecular flexibility index (Phi) is 4.64. The Morgan fingerprint density at radius 3 is 2.81 bits per heavy atom.